The van der Waals surface area contributed by atoms with E-state index >= 15 is 0 Å². The van der Waals surface area contributed by atoms with Crippen LogP contribution in [0.1, 0.15) is 32.4 Å². The lowest BCUT2D eigenvalue weighted by molar-refractivity contribution is -0.140. The number of ether oxygens (including phenoxy) is 3. The van der Waals surface area contributed by atoms with Crippen molar-refractivity contribution >= 4 is 41.3 Å². The lowest BCUT2D eigenvalue weighted by atomic mass is 9.96. The summed E-state index contributed by atoms with van der Waals surface area (Å²) >= 11 is 1.23. The van der Waals surface area contributed by atoms with Crippen molar-refractivity contribution in [3.63, 3.8) is 0 Å². The Kier molecular flexibility index (Phi) is 9.89. The standard InChI is InChI=1S/C19H24N2O5S.ClH/c1-5-25-15(22)11-27-19-20-12(3)16(18(23)26-6-2)17(21-19)13-9-7-8-10-14(13)24-4;/h7-10,17H,5-6,11H2,1-4H3,(H,20,21);1H. The number of aliphatic imine (C=N–C) groups is 1. The van der Waals surface area contributed by atoms with Gasteiger partial charge in [0.1, 0.15) is 11.8 Å². The Labute approximate surface area is 175 Å². The van der Waals surface area contributed by atoms with Gasteiger partial charge in [-0.1, -0.05) is 30.0 Å². The topological polar surface area (TPSA) is 86.2 Å². The molecule has 0 bridgehead atoms. The van der Waals surface area contributed by atoms with Crippen molar-refractivity contribution in [1.29, 1.82) is 0 Å². The molecule has 9 heteroatoms. The van der Waals surface area contributed by atoms with Crippen LogP contribution in [-0.4, -0.2) is 43.2 Å². The number of esters is 2. The van der Waals surface area contributed by atoms with Gasteiger partial charge in [0.25, 0.3) is 0 Å². The predicted molar refractivity (Wildman–Crippen MR) is 112 cm³/mol. The van der Waals surface area contributed by atoms with Crippen LogP contribution in [0.25, 0.3) is 0 Å². The summed E-state index contributed by atoms with van der Waals surface area (Å²) in [6.45, 7) is 5.90. The van der Waals surface area contributed by atoms with E-state index in [4.69, 9.17) is 14.2 Å². The fourth-order valence-corrected chi connectivity index (χ4v) is 3.38. The zero-order chi connectivity index (χ0) is 19.8. The molecule has 1 aliphatic rings. The molecule has 1 aromatic rings. The molecule has 0 saturated heterocycles. The highest BCUT2D eigenvalue weighted by atomic mass is 35.5. The van der Waals surface area contributed by atoms with Crippen molar-refractivity contribution in [2.75, 3.05) is 26.1 Å². The maximum absolute atomic E-state index is 12.5. The van der Waals surface area contributed by atoms with Crippen LogP contribution in [0.3, 0.4) is 0 Å². The molecule has 0 radical (unpaired) electrons. The van der Waals surface area contributed by atoms with Crippen LogP contribution in [0.2, 0.25) is 0 Å². The van der Waals surface area contributed by atoms with Gasteiger partial charge in [-0.15, -0.1) is 12.4 Å². The average Bonchev–Trinajstić information content (AvgIpc) is 2.66. The number of allylic oxidation sites excluding steroid dienone is 1. The summed E-state index contributed by atoms with van der Waals surface area (Å²) in [5, 5.41) is 3.62. The molecule has 0 amide bonds. The molecule has 0 aromatic heterocycles. The molecule has 1 heterocycles. The Morgan fingerprint density at radius 2 is 1.86 bits per heavy atom. The molecule has 7 nitrogen and oxygen atoms in total. The highest BCUT2D eigenvalue weighted by molar-refractivity contribution is 8.14. The Bertz CT molecular complexity index is 766. The average molecular weight is 429 g/mol. The van der Waals surface area contributed by atoms with E-state index in [2.05, 4.69) is 10.3 Å². The summed E-state index contributed by atoms with van der Waals surface area (Å²) in [5.41, 5.74) is 1.80. The second-order valence-electron chi connectivity index (χ2n) is 5.56. The highest BCUT2D eigenvalue weighted by Crippen LogP contribution is 2.37. The van der Waals surface area contributed by atoms with Crippen molar-refractivity contribution in [2.24, 2.45) is 4.99 Å². The Morgan fingerprint density at radius 3 is 2.50 bits per heavy atom. The van der Waals surface area contributed by atoms with E-state index in [0.29, 0.717) is 28.8 Å². The molecule has 2 rings (SSSR count). The Morgan fingerprint density at radius 1 is 1.18 bits per heavy atom. The van der Waals surface area contributed by atoms with Crippen molar-refractivity contribution < 1.29 is 23.8 Å². The summed E-state index contributed by atoms with van der Waals surface area (Å²) < 4.78 is 15.6. The molecule has 154 valence electrons. The van der Waals surface area contributed by atoms with Crippen LogP contribution < -0.4 is 10.1 Å². The predicted octanol–water partition coefficient (Wildman–Crippen LogP) is 3.25. The van der Waals surface area contributed by atoms with Gasteiger partial charge in [-0.3, -0.25) is 4.79 Å². The molecule has 0 aliphatic carbocycles. The molecule has 0 spiro atoms. The van der Waals surface area contributed by atoms with Gasteiger partial charge in [0.05, 0.1) is 31.6 Å². The number of hydrogen-bond acceptors (Lipinski definition) is 8. The molecule has 0 fully saturated rings. The second kappa shape index (κ2) is 11.6. The molecule has 1 aliphatic heterocycles. The number of rotatable bonds is 7. The van der Waals surface area contributed by atoms with Crippen LogP contribution >= 0.6 is 24.2 Å². The SMILES string of the molecule is CCOC(=O)CSC1=NC(c2ccccc2OC)C(C(=O)OCC)=C(C)N1.Cl. The largest absolute Gasteiger partial charge is 0.496 e. The van der Waals surface area contributed by atoms with Gasteiger partial charge < -0.3 is 19.5 Å². The minimum atomic E-state index is -0.592. The van der Waals surface area contributed by atoms with E-state index in [1.807, 2.05) is 24.3 Å². The zero-order valence-corrected chi connectivity index (χ0v) is 17.9. The number of halogens is 1. The maximum Gasteiger partial charge on any atom is 0.338 e. The molecule has 1 aromatic carbocycles. The second-order valence-corrected chi connectivity index (χ2v) is 6.52. The number of nitrogens with zero attached hydrogens (tertiary/aromatic N) is 1. The van der Waals surface area contributed by atoms with Crippen LogP contribution in [0, 0.1) is 0 Å². The van der Waals surface area contributed by atoms with Gasteiger partial charge in [-0.2, -0.15) is 0 Å². The van der Waals surface area contributed by atoms with Crippen LogP contribution in [0.5, 0.6) is 5.75 Å². The molecular weight excluding hydrogens is 404 g/mol. The molecule has 1 N–H and O–H groups in total. The minimum Gasteiger partial charge on any atom is -0.496 e. The van der Waals surface area contributed by atoms with E-state index in [1.165, 1.54) is 11.8 Å². The van der Waals surface area contributed by atoms with E-state index in [0.717, 1.165) is 5.56 Å². The molecule has 1 unspecified atom stereocenters. The van der Waals surface area contributed by atoms with E-state index < -0.39 is 12.0 Å². The first-order chi connectivity index (χ1) is 13.0. The summed E-state index contributed by atoms with van der Waals surface area (Å²) in [4.78, 5) is 28.8. The Balaban J connectivity index is 0.00000392. The normalized spacial score (nSPS) is 15.7. The summed E-state index contributed by atoms with van der Waals surface area (Å²) in [5.74, 6) is -0.00637. The number of carbonyl (C=O) groups excluding carboxylic acids is 2. The van der Waals surface area contributed by atoms with Crippen LogP contribution in [-0.2, 0) is 19.1 Å². The Hall–Kier alpha value is -2.19. The highest BCUT2D eigenvalue weighted by Gasteiger charge is 2.32. The van der Waals surface area contributed by atoms with Crippen molar-refractivity contribution in [3.05, 3.63) is 41.1 Å². The summed E-state index contributed by atoms with van der Waals surface area (Å²) in [6.07, 6.45) is 0. The number of benzene rings is 1. The molecule has 0 saturated carbocycles. The van der Waals surface area contributed by atoms with E-state index in [-0.39, 0.29) is 30.7 Å². The van der Waals surface area contributed by atoms with Gasteiger partial charge in [0.15, 0.2) is 5.17 Å². The quantitative estimate of drug-likeness (QED) is 0.667. The van der Waals surface area contributed by atoms with Gasteiger partial charge in [0, 0.05) is 11.3 Å². The zero-order valence-electron chi connectivity index (χ0n) is 16.3. The van der Waals surface area contributed by atoms with Crippen molar-refractivity contribution in [1.82, 2.24) is 5.32 Å². The summed E-state index contributed by atoms with van der Waals surface area (Å²) in [6, 6.07) is 6.80. The smallest absolute Gasteiger partial charge is 0.338 e. The van der Waals surface area contributed by atoms with Gasteiger partial charge in [-0.05, 0) is 26.8 Å². The first-order valence-electron chi connectivity index (χ1n) is 8.65. The third-order valence-electron chi connectivity index (χ3n) is 3.78. The third-order valence-corrected chi connectivity index (χ3v) is 4.64. The van der Waals surface area contributed by atoms with Gasteiger partial charge in [-0.25, -0.2) is 9.79 Å². The van der Waals surface area contributed by atoms with Gasteiger partial charge in [0.2, 0.25) is 0 Å². The number of nitrogens with one attached hydrogen (secondary N) is 1. The monoisotopic (exact) mass is 428 g/mol. The van der Waals surface area contributed by atoms with Crippen LogP contribution in [0.4, 0.5) is 0 Å². The minimum absolute atomic E-state index is 0. The first-order valence-corrected chi connectivity index (χ1v) is 9.64. The number of para-hydroxylation sites is 1. The number of methoxy groups -OCH3 is 1. The van der Waals surface area contributed by atoms with E-state index in [1.54, 1.807) is 27.9 Å². The number of hydrogen-bond donors (Lipinski definition) is 1. The van der Waals surface area contributed by atoms with Crippen LogP contribution in [0.15, 0.2) is 40.5 Å². The fourth-order valence-electron chi connectivity index (χ4n) is 2.64. The molecule has 1 atom stereocenters. The summed E-state index contributed by atoms with van der Waals surface area (Å²) in [7, 11) is 1.57. The molecular formula is C19H25ClN2O5S. The van der Waals surface area contributed by atoms with Gasteiger partial charge >= 0.3 is 11.9 Å². The lowest BCUT2D eigenvalue weighted by Gasteiger charge is -2.26. The number of carbonyl (C=O) groups is 2. The maximum atomic E-state index is 12.5. The third kappa shape index (κ3) is 5.90. The molecule has 28 heavy (non-hydrogen) atoms. The van der Waals surface area contributed by atoms with E-state index in [9.17, 15) is 9.59 Å². The number of amidine groups is 1. The van der Waals surface area contributed by atoms with Crippen molar-refractivity contribution in [3.8, 4) is 5.75 Å². The first kappa shape index (κ1) is 23.8. The fraction of sp³-hybridized carbons (Fsp3) is 0.421. The van der Waals surface area contributed by atoms with Crippen molar-refractivity contribution in [2.45, 2.75) is 26.8 Å². The lowest BCUT2D eigenvalue weighted by Crippen LogP contribution is -2.31. The number of thioether (sulfide) groups is 1.